The Bertz CT molecular complexity index is 736. The van der Waals surface area contributed by atoms with Crippen LogP contribution < -0.4 is 9.47 Å². The van der Waals surface area contributed by atoms with E-state index in [1.54, 1.807) is 17.2 Å². The largest absolute Gasteiger partial charge is 0.487 e. The van der Waals surface area contributed by atoms with Gasteiger partial charge in [-0.1, -0.05) is 6.07 Å². The molecule has 1 saturated heterocycles. The first-order chi connectivity index (χ1) is 13.4. The molecular weight excluding hydrogens is 370 g/mol. The zero-order valence-corrected chi connectivity index (χ0v) is 15.8. The van der Waals surface area contributed by atoms with Crippen molar-refractivity contribution in [1.29, 1.82) is 5.26 Å². The standard InChI is InChI=1S/C20H24F2N2O4/c1-14(25)28-24-10-8-20(13-23,9-11-24)15-6-7-17(27-19(21)22)18(12-15)26-16-4-2-3-5-16/h6-7,12,16,19H,2-5,8-11H2,1H3. The number of alkyl halides is 2. The summed E-state index contributed by atoms with van der Waals surface area (Å²) in [6, 6.07) is 7.12. The minimum Gasteiger partial charge on any atom is -0.487 e. The lowest BCUT2D eigenvalue weighted by atomic mass is 9.74. The summed E-state index contributed by atoms with van der Waals surface area (Å²) in [4.78, 5) is 16.2. The van der Waals surface area contributed by atoms with Gasteiger partial charge in [-0.3, -0.25) is 4.79 Å². The third kappa shape index (κ3) is 4.71. The molecule has 1 saturated carbocycles. The van der Waals surface area contributed by atoms with Crippen LogP contribution in [0.2, 0.25) is 0 Å². The Kier molecular flexibility index (Phi) is 6.35. The fraction of sp³-hybridized carbons (Fsp3) is 0.600. The second-order valence-corrected chi connectivity index (χ2v) is 7.27. The monoisotopic (exact) mass is 394 g/mol. The maximum Gasteiger partial charge on any atom is 0.387 e. The van der Waals surface area contributed by atoms with Crippen LogP contribution in [-0.4, -0.2) is 36.8 Å². The van der Waals surface area contributed by atoms with Gasteiger partial charge in [0.1, 0.15) is 0 Å². The molecule has 0 aromatic heterocycles. The molecule has 3 rings (SSSR count). The second-order valence-electron chi connectivity index (χ2n) is 7.27. The number of hydroxylamine groups is 2. The summed E-state index contributed by atoms with van der Waals surface area (Å²) >= 11 is 0. The van der Waals surface area contributed by atoms with E-state index in [1.807, 2.05) is 0 Å². The number of halogens is 2. The molecule has 0 atom stereocenters. The first-order valence-corrected chi connectivity index (χ1v) is 9.52. The minimum absolute atomic E-state index is 0.0175. The Morgan fingerprint density at radius 2 is 1.93 bits per heavy atom. The normalized spacial score (nSPS) is 20.0. The highest BCUT2D eigenvalue weighted by Gasteiger charge is 2.38. The number of piperidine rings is 1. The molecular formula is C20H24F2N2O4. The van der Waals surface area contributed by atoms with Gasteiger partial charge in [-0.15, -0.1) is 5.06 Å². The van der Waals surface area contributed by atoms with Gasteiger partial charge in [-0.25, -0.2) is 0 Å². The second kappa shape index (κ2) is 8.74. The van der Waals surface area contributed by atoms with Crippen molar-refractivity contribution in [2.24, 2.45) is 0 Å². The van der Waals surface area contributed by atoms with Crippen LogP contribution in [0, 0.1) is 11.3 Å². The minimum atomic E-state index is -2.95. The van der Waals surface area contributed by atoms with Gasteiger partial charge >= 0.3 is 12.6 Å². The lowest BCUT2D eigenvalue weighted by Gasteiger charge is -2.36. The van der Waals surface area contributed by atoms with Crippen molar-refractivity contribution in [2.45, 2.75) is 63.6 Å². The molecule has 0 bridgehead atoms. The Balaban J connectivity index is 1.83. The van der Waals surface area contributed by atoms with Gasteiger partial charge in [0.15, 0.2) is 11.5 Å². The van der Waals surface area contributed by atoms with E-state index in [-0.39, 0.29) is 17.6 Å². The zero-order chi connectivity index (χ0) is 20.1. The molecule has 28 heavy (non-hydrogen) atoms. The van der Waals surface area contributed by atoms with E-state index in [0.717, 1.165) is 25.7 Å². The third-order valence-corrected chi connectivity index (χ3v) is 5.36. The Morgan fingerprint density at radius 1 is 1.25 bits per heavy atom. The number of hydrogen-bond acceptors (Lipinski definition) is 6. The van der Waals surface area contributed by atoms with E-state index in [1.165, 1.54) is 13.0 Å². The van der Waals surface area contributed by atoms with Gasteiger partial charge in [-0.05, 0) is 56.2 Å². The van der Waals surface area contributed by atoms with E-state index in [0.29, 0.717) is 31.5 Å². The predicted molar refractivity (Wildman–Crippen MR) is 95.8 cm³/mol. The fourth-order valence-corrected chi connectivity index (χ4v) is 3.88. The Hall–Kier alpha value is -2.40. The molecule has 1 heterocycles. The van der Waals surface area contributed by atoms with Gasteiger partial charge in [0.05, 0.1) is 17.6 Å². The van der Waals surface area contributed by atoms with Crippen molar-refractivity contribution < 1.29 is 27.9 Å². The molecule has 1 aromatic rings. The lowest BCUT2D eigenvalue weighted by Crippen LogP contribution is -2.42. The van der Waals surface area contributed by atoms with Crippen molar-refractivity contribution in [3.8, 4) is 17.6 Å². The third-order valence-electron chi connectivity index (χ3n) is 5.36. The van der Waals surface area contributed by atoms with Crippen molar-refractivity contribution in [3.63, 3.8) is 0 Å². The molecule has 1 aromatic carbocycles. The quantitative estimate of drug-likeness (QED) is 0.728. The number of rotatable bonds is 6. The molecule has 0 unspecified atom stereocenters. The Morgan fingerprint density at radius 3 is 2.50 bits per heavy atom. The molecule has 152 valence electrons. The van der Waals surface area contributed by atoms with E-state index in [2.05, 4.69) is 10.8 Å². The average Bonchev–Trinajstić information content (AvgIpc) is 3.16. The van der Waals surface area contributed by atoms with Crippen molar-refractivity contribution in [2.75, 3.05) is 13.1 Å². The lowest BCUT2D eigenvalue weighted by molar-refractivity contribution is -0.193. The van der Waals surface area contributed by atoms with Gasteiger partial charge in [0.2, 0.25) is 0 Å². The van der Waals surface area contributed by atoms with E-state index in [9.17, 15) is 18.8 Å². The van der Waals surface area contributed by atoms with Crippen LogP contribution >= 0.6 is 0 Å². The highest BCUT2D eigenvalue weighted by atomic mass is 19.3. The number of benzene rings is 1. The Labute approximate surface area is 162 Å². The van der Waals surface area contributed by atoms with Crippen LogP contribution in [0.1, 0.15) is 51.0 Å². The number of nitriles is 1. The summed E-state index contributed by atoms with van der Waals surface area (Å²) in [5.74, 6) is -0.164. The van der Waals surface area contributed by atoms with E-state index < -0.39 is 18.0 Å². The van der Waals surface area contributed by atoms with Crippen LogP contribution in [0.3, 0.4) is 0 Å². The maximum absolute atomic E-state index is 12.8. The predicted octanol–water partition coefficient (Wildman–Crippen LogP) is 3.94. The van der Waals surface area contributed by atoms with Gasteiger partial charge in [0.25, 0.3) is 0 Å². The maximum atomic E-state index is 12.8. The topological polar surface area (TPSA) is 71.8 Å². The molecule has 6 nitrogen and oxygen atoms in total. The summed E-state index contributed by atoms with van der Waals surface area (Å²) < 4.78 is 36.1. The van der Waals surface area contributed by atoms with Crippen LogP contribution in [-0.2, 0) is 15.0 Å². The van der Waals surface area contributed by atoms with Crippen LogP contribution in [0.4, 0.5) is 8.78 Å². The SMILES string of the molecule is CC(=O)ON1CCC(C#N)(c2ccc(OC(F)F)c(OC3CCCC3)c2)CC1. The fourth-order valence-electron chi connectivity index (χ4n) is 3.88. The summed E-state index contributed by atoms with van der Waals surface area (Å²) in [5.41, 5.74) is -0.0968. The van der Waals surface area contributed by atoms with Crippen molar-refractivity contribution >= 4 is 5.97 Å². The molecule has 8 heteroatoms. The molecule has 0 radical (unpaired) electrons. The highest BCUT2D eigenvalue weighted by molar-refractivity contribution is 5.65. The molecule has 1 aliphatic heterocycles. The molecule has 0 N–H and O–H groups in total. The van der Waals surface area contributed by atoms with Crippen LogP contribution in [0.25, 0.3) is 0 Å². The first kappa shape index (κ1) is 20.3. The molecule has 2 aliphatic rings. The number of ether oxygens (including phenoxy) is 2. The number of hydrogen-bond donors (Lipinski definition) is 0. The van der Waals surface area contributed by atoms with E-state index in [4.69, 9.17) is 9.57 Å². The van der Waals surface area contributed by atoms with Gasteiger partial charge in [0, 0.05) is 20.0 Å². The number of carbonyl (C=O) groups is 1. The molecule has 0 amide bonds. The average molecular weight is 394 g/mol. The molecule has 2 fully saturated rings. The van der Waals surface area contributed by atoms with Crippen LogP contribution in [0.15, 0.2) is 18.2 Å². The van der Waals surface area contributed by atoms with Crippen molar-refractivity contribution in [3.05, 3.63) is 23.8 Å². The van der Waals surface area contributed by atoms with Crippen molar-refractivity contribution in [1.82, 2.24) is 5.06 Å². The highest BCUT2D eigenvalue weighted by Crippen LogP contribution is 2.41. The smallest absolute Gasteiger partial charge is 0.387 e. The zero-order valence-electron chi connectivity index (χ0n) is 15.8. The van der Waals surface area contributed by atoms with Gasteiger partial charge < -0.3 is 14.3 Å². The molecule has 1 aliphatic carbocycles. The number of nitrogens with zero attached hydrogens (tertiary/aromatic N) is 2. The van der Waals surface area contributed by atoms with Gasteiger partial charge in [-0.2, -0.15) is 14.0 Å². The summed E-state index contributed by atoms with van der Waals surface area (Å²) in [7, 11) is 0. The van der Waals surface area contributed by atoms with Crippen LogP contribution in [0.5, 0.6) is 11.5 Å². The summed E-state index contributed by atoms with van der Waals surface area (Å²) in [6.45, 7) is -0.781. The number of carbonyl (C=O) groups excluding carboxylic acids is 1. The molecule has 0 spiro atoms. The summed E-state index contributed by atoms with van der Waals surface area (Å²) in [6.07, 6.45) is 4.72. The van der Waals surface area contributed by atoms with E-state index >= 15 is 0 Å². The first-order valence-electron chi connectivity index (χ1n) is 9.52. The summed E-state index contributed by atoms with van der Waals surface area (Å²) in [5, 5.41) is 11.4.